The van der Waals surface area contributed by atoms with Crippen molar-refractivity contribution in [3.63, 3.8) is 0 Å². The number of esters is 1. The van der Waals surface area contributed by atoms with Crippen LogP contribution in [0.5, 0.6) is 0 Å². The summed E-state index contributed by atoms with van der Waals surface area (Å²) in [4.78, 5) is 12.4. The molecule has 2 aromatic rings. The van der Waals surface area contributed by atoms with Gasteiger partial charge in [0.05, 0.1) is 0 Å². The van der Waals surface area contributed by atoms with E-state index in [-0.39, 0.29) is 5.97 Å². The number of carbonyl (C=O) groups excluding carboxylic acids is 1. The smallest absolute Gasteiger partial charge is 0.329 e. The SMILES string of the molecule is CC/C(=C1/OC(=O)[C@@]1(CC)c1ccccc1)c1ccccc1. The summed E-state index contributed by atoms with van der Waals surface area (Å²) >= 11 is 0. The van der Waals surface area contributed by atoms with E-state index in [9.17, 15) is 4.79 Å². The van der Waals surface area contributed by atoms with Crippen LogP contribution >= 0.6 is 0 Å². The van der Waals surface area contributed by atoms with Crippen LogP contribution in [0.1, 0.15) is 37.8 Å². The lowest BCUT2D eigenvalue weighted by atomic mass is 9.70. The zero-order valence-corrected chi connectivity index (χ0v) is 13.0. The molecule has 2 heteroatoms. The Bertz CT molecular complexity index is 701. The summed E-state index contributed by atoms with van der Waals surface area (Å²) in [6.45, 7) is 4.15. The lowest BCUT2D eigenvalue weighted by Gasteiger charge is -2.42. The molecule has 0 amide bonds. The van der Waals surface area contributed by atoms with E-state index < -0.39 is 5.41 Å². The third-order valence-corrected chi connectivity index (χ3v) is 4.48. The number of allylic oxidation sites excluding steroid dienone is 1. The van der Waals surface area contributed by atoms with Crippen molar-refractivity contribution in [3.8, 4) is 0 Å². The Kier molecular flexibility index (Phi) is 3.84. The van der Waals surface area contributed by atoms with Crippen LogP contribution in [0.15, 0.2) is 66.4 Å². The van der Waals surface area contributed by atoms with Gasteiger partial charge in [-0.25, -0.2) is 0 Å². The molecule has 0 N–H and O–H groups in total. The minimum Gasteiger partial charge on any atom is -0.428 e. The predicted octanol–water partition coefficient (Wildman–Crippen LogP) is 4.71. The monoisotopic (exact) mass is 292 g/mol. The fourth-order valence-electron chi connectivity index (χ4n) is 3.25. The molecule has 1 aliphatic heterocycles. The molecule has 1 saturated heterocycles. The van der Waals surface area contributed by atoms with Crippen molar-refractivity contribution in [2.75, 3.05) is 0 Å². The molecule has 1 heterocycles. The van der Waals surface area contributed by atoms with E-state index >= 15 is 0 Å². The fourth-order valence-corrected chi connectivity index (χ4v) is 3.25. The summed E-state index contributed by atoms with van der Waals surface area (Å²) < 4.78 is 5.55. The van der Waals surface area contributed by atoms with Gasteiger partial charge in [0.15, 0.2) is 5.41 Å². The van der Waals surface area contributed by atoms with Crippen molar-refractivity contribution in [2.24, 2.45) is 0 Å². The normalized spacial score (nSPS) is 22.7. The van der Waals surface area contributed by atoms with Gasteiger partial charge in [0, 0.05) is 0 Å². The van der Waals surface area contributed by atoms with Gasteiger partial charge in [-0.3, -0.25) is 4.79 Å². The van der Waals surface area contributed by atoms with Gasteiger partial charge in [-0.1, -0.05) is 74.5 Å². The second-order valence-electron chi connectivity index (χ2n) is 5.54. The molecule has 22 heavy (non-hydrogen) atoms. The fraction of sp³-hybridized carbons (Fsp3) is 0.250. The Hall–Kier alpha value is -2.35. The predicted molar refractivity (Wildman–Crippen MR) is 88.2 cm³/mol. The number of benzene rings is 2. The first-order chi connectivity index (χ1) is 10.7. The summed E-state index contributed by atoms with van der Waals surface area (Å²) in [5.41, 5.74) is 2.64. The molecule has 3 rings (SSSR count). The highest BCUT2D eigenvalue weighted by atomic mass is 16.6. The largest absolute Gasteiger partial charge is 0.428 e. The van der Waals surface area contributed by atoms with Gasteiger partial charge in [-0.15, -0.1) is 0 Å². The molecule has 1 atom stereocenters. The first-order valence-electron chi connectivity index (χ1n) is 7.81. The van der Waals surface area contributed by atoms with Crippen molar-refractivity contribution in [1.82, 2.24) is 0 Å². The molecule has 2 aromatic carbocycles. The van der Waals surface area contributed by atoms with Crippen LogP contribution in [0.3, 0.4) is 0 Å². The Morgan fingerprint density at radius 1 is 0.955 bits per heavy atom. The minimum absolute atomic E-state index is 0.141. The van der Waals surface area contributed by atoms with Crippen molar-refractivity contribution in [2.45, 2.75) is 32.1 Å². The number of ether oxygens (including phenoxy) is 1. The van der Waals surface area contributed by atoms with Crippen LogP contribution in [0.4, 0.5) is 0 Å². The van der Waals surface area contributed by atoms with Crippen molar-refractivity contribution < 1.29 is 9.53 Å². The molecule has 2 nitrogen and oxygen atoms in total. The number of carbonyl (C=O) groups is 1. The van der Waals surface area contributed by atoms with Gasteiger partial charge in [0.2, 0.25) is 0 Å². The van der Waals surface area contributed by atoms with Gasteiger partial charge in [0.1, 0.15) is 5.76 Å². The Morgan fingerprint density at radius 2 is 1.55 bits per heavy atom. The lowest BCUT2D eigenvalue weighted by molar-refractivity contribution is -0.160. The topological polar surface area (TPSA) is 26.3 Å². The maximum atomic E-state index is 12.4. The molecule has 0 bridgehead atoms. The molecule has 1 fully saturated rings. The number of hydrogen-bond donors (Lipinski definition) is 0. The van der Waals surface area contributed by atoms with E-state index in [2.05, 4.69) is 19.1 Å². The summed E-state index contributed by atoms with van der Waals surface area (Å²) in [7, 11) is 0. The number of rotatable bonds is 4. The summed E-state index contributed by atoms with van der Waals surface area (Å²) in [5.74, 6) is 0.679. The van der Waals surface area contributed by atoms with Crippen LogP contribution in [-0.4, -0.2) is 5.97 Å². The maximum Gasteiger partial charge on any atom is 0.329 e. The Labute approximate surface area is 131 Å². The third-order valence-electron chi connectivity index (χ3n) is 4.48. The molecule has 0 aliphatic carbocycles. The van der Waals surface area contributed by atoms with Gasteiger partial charge >= 0.3 is 5.97 Å². The Balaban J connectivity index is 2.18. The summed E-state index contributed by atoms with van der Waals surface area (Å²) in [6.07, 6.45) is 1.54. The highest BCUT2D eigenvalue weighted by Crippen LogP contribution is 2.49. The second-order valence-corrected chi connectivity index (χ2v) is 5.54. The van der Waals surface area contributed by atoms with Crippen LogP contribution < -0.4 is 0 Å². The standard InChI is InChI=1S/C20H20O2/c1-3-17(15-11-7-5-8-12-15)18-20(4-2,19(21)22-18)16-13-9-6-10-14-16/h5-14H,3-4H2,1-2H3/b18-17-/t20-/m0/s1. The van der Waals surface area contributed by atoms with E-state index in [1.807, 2.05) is 55.5 Å². The van der Waals surface area contributed by atoms with Gasteiger partial charge in [-0.2, -0.15) is 0 Å². The quantitative estimate of drug-likeness (QED) is 0.763. The highest BCUT2D eigenvalue weighted by molar-refractivity contribution is 5.98. The van der Waals surface area contributed by atoms with Crippen LogP contribution in [-0.2, 0) is 14.9 Å². The Morgan fingerprint density at radius 3 is 2.05 bits per heavy atom. The number of hydrogen-bond acceptors (Lipinski definition) is 2. The van der Waals surface area contributed by atoms with Crippen LogP contribution in [0.2, 0.25) is 0 Å². The van der Waals surface area contributed by atoms with Crippen LogP contribution in [0, 0.1) is 0 Å². The zero-order valence-electron chi connectivity index (χ0n) is 13.0. The summed E-state index contributed by atoms with van der Waals surface area (Å²) in [6, 6.07) is 20.1. The zero-order chi connectivity index (χ0) is 15.6. The first-order valence-corrected chi connectivity index (χ1v) is 7.81. The average molecular weight is 292 g/mol. The molecule has 0 radical (unpaired) electrons. The molecular weight excluding hydrogens is 272 g/mol. The molecule has 0 aromatic heterocycles. The first kappa shape index (κ1) is 14.6. The molecule has 0 spiro atoms. The van der Waals surface area contributed by atoms with E-state index in [0.717, 1.165) is 28.9 Å². The lowest BCUT2D eigenvalue weighted by Crippen LogP contribution is -2.50. The van der Waals surface area contributed by atoms with Crippen LogP contribution in [0.25, 0.3) is 5.57 Å². The minimum atomic E-state index is -0.623. The van der Waals surface area contributed by atoms with Gasteiger partial charge in [-0.05, 0) is 29.5 Å². The average Bonchev–Trinajstić information content (AvgIpc) is 2.57. The van der Waals surface area contributed by atoms with Gasteiger partial charge < -0.3 is 4.74 Å². The van der Waals surface area contributed by atoms with Crippen molar-refractivity contribution in [3.05, 3.63) is 77.5 Å². The molecule has 1 aliphatic rings. The van der Waals surface area contributed by atoms with E-state index in [0.29, 0.717) is 6.42 Å². The second kappa shape index (κ2) is 5.80. The van der Waals surface area contributed by atoms with E-state index in [1.165, 1.54) is 0 Å². The molecule has 0 saturated carbocycles. The van der Waals surface area contributed by atoms with Crippen molar-refractivity contribution >= 4 is 11.5 Å². The number of cyclic esters (lactones) is 1. The molecular formula is C20H20O2. The summed E-state index contributed by atoms with van der Waals surface area (Å²) in [5, 5.41) is 0. The molecule has 112 valence electrons. The highest BCUT2D eigenvalue weighted by Gasteiger charge is 2.55. The van der Waals surface area contributed by atoms with Crippen molar-refractivity contribution in [1.29, 1.82) is 0 Å². The maximum absolute atomic E-state index is 12.4. The van der Waals surface area contributed by atoms with E-state index in [1.54, 1.807) is 0 Å². The third kappa shape index (κ3) is 2.07. The molecule has 0 unspecified atom stereocenters. The van der Waals surface area contributed by atoms with Gasteiger partial charge in [0.25, 0.3) is 0 Å². The van der Waals surface area contributed by atoms with E-state index in [4.69, 9.17) is 4.74 Å².